The Hall–Kier alpha value is -1.69. The molecule has 4 rings (SSSR count). The minimum absolute atomic E-state index is 0.0410. The highest BCUT2D eigenvalue weighted by Gasteiger charge is 2.23. The lowest BCUT2D eigenvalue weighted by Crippen LogP contribution is -2.16. The maximum absolute atomic E-state index is 12.7. The summed E-state index contributed by atoms with van der Waals surface area (Å²) in [6, 6.07) is 7.81. The molecule has 1 amide bonds. The average molecular weight is 403 g/mol. The molecule has 1 aliphatic carbocycles. The van der Waals surface area contributed by atoms with Gasteiger partial charge in [0.25, 0.3) is 5.91 Å². The number of hydrogen-bond acceptors (Lipinski definition) is 4. The van der Waals surface area contributed by atoms with Crippen molar-refractivity contribution < 1.29 is 4.79 Å². The summed E-state index contributed by atoms with van der Waals surface area (Å²) in [4.78, 5) is 19.5. The maximum atomic E-state index is 12.7. The topological polar surface area (TPSA) is 42.0 Å². The zero-order valence-electron chi connectivity index (χ0n) is 14.4. The third kappa shape index (κ3) is 3.85. The molecule has 1 unspecified atom stereocenters. The summed E-state index contributed by atoms with van der Waals surface area (Å²) in [6.07, 6.45) is 5.84. The first-order valence-electron chi connectivity index (χ1n) is 8.68. The third-order valence-electron chi connectivity index (χ3n) is 4.69. The van der Waals surface area contributed by atoms with Crippen molar-refractivity contribution in [3.63, 3.8) is 0 Å². The SMILES string of the molecule is CC1CCc2c(C(=O)Nc3ncc(Cc4cccc(Cl)c4)s3)csc2C1. The van der Waals surface area contributed by atoms with Crippen molar-refractivity contribution in [1.82, 2.24) is 4.98 Å². The second-order valence-corrected chi connectivity index (χ2v) is 9.31. The van der Waals surface area contributed by atoms with E-state index in [1.165, 1.54) is 21.8 Å². The van der Waals surface area contributed by atoms with E-state index in [4.69, 9.17) is 11.6 Å². The zero-order chi connectivity index (χ0) is 18.1. The number of nitrogens with one attached hydrogen (secondary N) is 1. The number of hydrogen-bond donors (Lipinski definition) is 1. The van der Waals surface area contributed by atoms with Gasteiger partial charge in [-0.1, -0.05) is 30.7 Å². The van der Waals surface area contributed by atoms with Crippen LogP contribution in [0.3, 0.4) is 0 Å². The van der Waals surface area contributed by atoms with E-state index in [1.807, 2.05) is 35.8 Å². The molecule has 0 radical (unpaired) electrons. The summed E-state index contributed by atoms with van der Waals surface area (Å²) in [7, 11) is 0. The molecule has 0 saturated heterocycles. The van der Waals surface area contributed by atoms with Gasteiger partial charge >= 0.3 is 0 Å². The molecule has 1 atom stereocenters. The second-order valence-electron chi connectivity index (χ2n) is 6.79. The van der Waals surface area contributed by atoms with Gasteiger partial charge in [0.1, 0.15) is 0 Å². The minimum Gasteiger partial charge on any atom is -0.298 e. The van der Waals surface area contributed by atoms with Gasteiger partial charge in [0, 0.05) is 32.8 Å². The number of thiophene rings is 1. The number of benzene rings is 1. The molecule has 0 saturated carbocycles. The molecule has 0 bridgehead atoms. The molecule has 134 valence electrons. The van der Waals surface area contributed by atoms with E-state index < -0.39 is 0 Å². The predicted molar refractivity (Wildman–Crippen MR) is 110 cm³/mol. The van der Waals surface area contributed by atoms with E-state index >= 15 is 0 Å². The number of thiazole rings is 1. The summed E-state index contributed by atoms with van der Waals surface area (Å²) in [5.41, 5.74) is 3.20. The van der Waals surface area contributed by atoms with Crippen molar-refractivity contribution in [2.24, 2.45) is 5.92 Å². The van der Waals surface area contributed by atoms with Crippen LogP contribution in [0.25, 0.3) is 0 Å². The van der Waals surface area contributed by atoms with Gasteiger partial charge in [-0.3, -0.25) is 10.1 Å². The van der Waals surface area contributed by atoms with Crippen LogP contribution in [-0.2, 0) is 19.3 Å². The van der Waals surface area contributed by atoms with Gasteiger partial charge in [0.05, 0.1) is 5.56 Å². The van der Waals surface area contributed by atoms with Gasteiger partial charge in [0.15, 0.2) is 5.13 Å². The van der Waals surface area contributed by atoms with Gasteiger partial charge < -0.3 is 0 Å². The minimum atomic E-state index is -0.0410. The highest BCUT2D eigenvalue weighted by Crippen LogP contribution is 2.33. The van der Waals surface area contributed by atoms with Gasteiger partial charge in [-0.25, -0.2) is 4.98 Å². The molecule has 2 aromatic heterocycles. The number of fused-ring (bicyclic) bond motifs is 1. The standard InChI is InChI=1S/C20H19ClN2OS2/c1-12-5-6-16-17(11-25-18(16)7-12)19(24)23-20-22-10-15(26-20)9-13-3-2-4-14(21)8-13/h2-4,8,10-12H,5-7,9H2,1H3,(H,22,23,24). The van der Waals surface area contributed by atoms with E-state index in [-0.39, 0.29) is 5.91 Å². The number of aromatic nitrogens is 1. The Labute approximate surface area is 166 Å². The monoisotopic (exact) mass is 402 g/mol. The summed E-state index contributed by atoms with van der Waals surface area (Å²) < 4.78 is 0. The van der Waals surface area contributed by atoms with E-state index in [1.54, 1.807) is 11.3 Å². The van der Waals surface area contributed by atoms with Crippen LogP contribution in [0.5, 0.6) is 0 Å². The lowest BCUT2D eigenvalue weighted by Gasteiger charge is -2.18. The summed E-state index contributed by atoms with van der Waals surface area (Å²) in [5.74, 6) is 0.672. The van der Waals surface area contributed by atoms with Crippen LogP contribution in [0.4, 0.5) is 5.13 Å². The third-order valence-corrected chi connectivity index (χ3v) is 6.89. The van der Waals surface area contributed by atoms with Crippen LogP contribution in [0, 0.1) is 5.92 Å². The van der Waals surface area contributed by atoms with Crippen molar-refractivity contribution in [3.05, 3.63) is 67.3 Å². The van der Waals surface area contributed by atoms with E-state index in [0.717, 1.165) is 46.7 Å². The Balaban J connectivity index is 1.45. The average Bonchev–Trinajstić information content (AvgIpc) is 3.21. The number of amides is 1. The van der Waals surface area contributed by atoms with Crippen molar-refractivity contribution in [3.8, 4) is 0 Å². The predicted octanol–water partition coefficient (Wildman–Crippen LogP) is 5.83. The fraction of sp³-hybridized carbons (Fsp3) is 0.300. The van der Waals surface area contributed by atoms with E-state index in [0.29, 0.717) is 11.0 Å². The quantitative estimate of drug-likeness (QED) is 0.596. The molecule has 6 heteroatoms. The van der Waals surface area contributed by atoms with Crippen LogP contribution in [0.2, 0.25) is 5.02 Å². The highest BCUT2D eigenvalue weighted by molar-refractivity contribution is 7.15. The number of nitrogens with zero attached hydrogens (tertiary/aromatic N) is 1. The van der Waals surface area contributed by atoms with Crippen molar-refractivity contribution in [2.75, 3.05) is 5.32 Å². The summed E-state index contributed by atoms with van der Waals surface area (Å²) >= 11 is 9.27. The Morgan fingerprint density at radius 3 is 3.15 bits per heavy atom. The molecule has 2 heterocycles. The lowest BCUT2D eigenvalue weighted by atomic mass is 9.88. The van der Waals surface area contributed by atoms with Gasteiger partial charge in [-0.2, -0.15) is 0 Å². The number of rotatable bonds is 4. The van der Waals surface area contributed by atoms with Crippen LogP contribution in [0.1, 0.15) is 44.6 Å². The molecule has 3 nitrogen and oxygen atoms in total. The van der Waals surface area contributed by atoms with Crippen LogP contribution >= 0.6 is 34.3 Å². The molecule has 3 aromatic rings. The molecule has 0 aliphatic heterocycles. The van der Waals surface area contributed by atoms with Crippen LogP contribution in [0.15, 0.2) is 35.8 Å². The molecule has 0 spiro atoms. The molecule has 1 aromatic carbocycles. The molecule has 1 aliphatic rings. The second kappa shape index (κ2) is 7.51. The van der Waals surface area contributed by atoms with Gasteiger partial charge in [0.2, 0.25) is 0 Å². The first-order chi connectivity index (χ1) is 12.6. The Kier molecular flexibility index (Phi) is 5.11. The summed E-state index contributed by atoms with van der Waals surface area (Å²) in [5, 5.41) is 6.35. The molecule has 26 heavy (non-hydrogen) atoms. The molecular formula is C20H19ClN2OS2. The zero-order valence-corrected chi connectivity index (χ0v) is 16.8. The fourth-order valence-electron chi connectivity index (χ4n) is 3.33. The van der Waals surface area contributed by atoms with E-state index in [2.05, 4.69) is 17.2 Å². The summed E-state index contributed by atoms with van der Waals surface area (Å²) in [6.45, 7) is 2.28. The molecular weight excluding hydrogens is 384 g/mol. The highest BCUT2D eigenvalue weighted by atomic mass is 35.5. The normalized spacial score (nSPS) is 16.3. The van der Waals surface area contributed by atoms with Crippen molar-refractivity contribution >= 4 is 45.3 Å². The van der Waals surface area contributed by atoms with Crippen LogP contribution < -0.4 is 5.32 Å². The Morgan fingerprint density at radius 1 is 1.42 bits per heavy atom. The van der Waals surface area contributed by atoms with E-state index in [9.17, 15) is 4.79 Å². The van der Waals surface area contributed by atoms with Crippen LogP contribution in [-0.4, -0.2) is 10.9 Å². The number of carbonyl (C=O) groups is 1. The molecule has 1 N–H and O–H groups in total. The Bertz CT molecular complexity index is 947. The Morgan fingerprint density at radius 2 is 2.31 bits per heavy atom. The van der Waals surface area contributed by atoms with Crippen molar-refractivity contribution in [1.29, 1.82) is 0 Å². The molecule has 0 fully saturated rings. The van der Waals surface area contributed by atoms with Gasteiger partial charge in [-0.05, 0) is 48.4 Å². The van der Waals surface area contributed by atoms with Crippen molar-refractivity contribution in [2.45, 2.75) is 32.6 Å². The fourth-order valence-corrected chi connectivity index (χ4v) is 5.63. The largest absolute Gasteiger partial charge is 0.298 e. The number of carbonyl (C=O) groups excluding carboxylic acids is 1. The number of halogens is 1. The lowest BCUT2D eigenvalue weighted by molar-refractivity contribution is 0.102. The van der Waals surface area contributed by atoms with Gasteiger partial charge in [-0.15, -0.1) is 22.7 Å². The first kappa shape index (κ1) is 17.7. The number of anilines is 1. The first-order valence-corrected chi connectivity index (χ1v) is 10.8. The smallest absolute Gasteiger partial charge is 0.258 e. The maximum Gasteiger partial charge on any atom is 0.258 e.